The molecule has 0 radical (unpaired) electrons. The molecule has 1 unspecified atom stereocenters. The minimum Gasteiger partial charge on any atom is -0.310 e. The van der Waals surface area contributed by atoms with Gasteiger partial charge in [-0.05, 0) is 46.2 Å². The highest BCUT2D eigenvalue weighted by Gasteiger charge is 2.31. The summed E-state index contributed by atoms with van der Waals surface area (Å²) in [7, 11) is 2.30. The molecular weight excluding hydrogens is 172 g/mol. The van der Waals surface area contributed by atoms with Crippen LogP contribution in [0.5, 0.6) is 0 Å². The van der Waals surface area contributed by atoms with Gasteiger partial charge < -0.3 is 10.2 Å². The van der Waals surface area contributed by atoms with Crippen LogP contribution >= 0.6 is 0 Å². The van der Waals surface area contributed by atoms with E-state index in [1.165, 1.54) is 51.6 Å². The molecule has 0 aromatic rings. The van der Waals surface area contributed by atoms with E-state index >= 15 is 0 Å². The van der Waals surface area contributed by atoms with Crippen LogP contribution in [0.1, 0.15) is 45.4 Å². The van der Waals surface area contributed by atoms with Gasteiger partial charge in [-0.25, -0.2) is 0 Å². The van der Waals surface area contributed by atoms with Gasteiger partial charge in [0.1, 0.15) is 0 Å². The van der Waals surface area contributed by atoms with Crippen molar-refractivity contribution in [2.24, 2.45) is 0 Å². The summed E-state index contributed by atoms with van der Waals surface area (Å²) < 4.78 is 0. The first-order valence-corrected chi connectivity index (χ1v) is 6.15. The fraction of sp³-hybridized carbons (Fsp3) is 1.00. The Bertz CT molecular complexity index is 181. The minimum absolute atomic E-state index is 0.391. The lowest BCUT2D eigenvalue weighted by molar-refractivity contribution is 0.106. The van der Waals surface area contributed by atoms with Crippen molar-refractivity contribution in [2.45, 2.75) is 57.0 Å². The van der Waals surface area contributed by atoms with Crippen molar-refractivity contribution in [2.75, 3.05) is 20.1 Å². The molecule has 2 rings (SSSR count). The third-order valence-electron chi connectivity index (χ3n) is 4.00. The minimum atomic E-state index is 0.391. The Morgan fingerprint density at radius 1 is 1.29 bits per heavy atom. The van der Waals surface area contributed by atoms with E-state index in [2.05, 4.69) is 24.2 Å². The van der Waals surface area contributed by atoms with E-state index in [0.29, 0.717) is 5.54 Å². The highest BCUT2D eigenvalue weighted by Crippen LogP contribution is 2.27. The summed E-state index contributed by atoms with van der Waals surface area (Å²) in [5.41, 5.74) is 0.391. The van der Waals surface area contributed by atoms with Gasteiger partial charge in [-0.1, -0.05) is 12.8 Å². The highest BCUT2D eigenvalue weighted by atomic mass is 15.2. The van der Waals surface area contributed by atoms with Crippen LogP contribution in [-0.2, 0) is 0 Å². The molecule has 14 heavy (non-hydrogen) atoms. The van der Waals surface area contributed by atoms with E-state index in [-0.39, 0.29) is 0 Å². The summed E-state index contributed by atoms with van der Waals surface area (Å²) in [4.78, 5) is 2.57. The number of hydrogen-bond acceptors (Lipinski definition) is 2. The second-order valence-corrected chi connectivity index (χ2v) is 5.44. The van der Waals surface area contributed by atoms with Gasteiger partial charge in [0.15, 0.2) is 0 Å². The van der Waals surface area contributed by atoms with E-state index in [4.69, 9.17) is 0 Å². The van der Waals surface area contributed by atoms with Crippen molar-refractivity contribution in [3.8, 4) is 0 Å². The SMILES string of the molecule is CN(CC1(C)CCCCN1)C1CCC1. The van der Waals surface area contributed by atoms with Crippen molar-refractivity contribution in [1.29, 1.82) is 0 Å². The predicted octanol–water partition coefficient (Wildman–Crippen LogP) is 2.00. The Morgan fingerprint density at radius 3 is 2.57 bits per heavy atom. The summed E-state index contributed by atoms with van der Waals surface area (Å²) >= 11 is 0. The lowest BCUT2D eigenvalue weighted by Crippen LogP contribution is -2.55. The van der Waals surface area contributed by atoms with Gasteiger partial charge in [0, 0.05) is 18.1 Å². The maximum atomic E-state index is 3.69. The molecule has 1 aliphatic carbocycles. The largest absolute Gasteiger partial charge is 0.310 e. The summed E-state index contributed by atoms with van der Waals surface area (Å²) in [6, 6.07) is 0.885. The van der Waals surface area contributed by atoms with Crippen molar-refractivity contribution in [3.63, 3.8) is 0 Å². The number of piperidine rings is 1. The first-order valence-electron chi connectivity index (χ1n) is 6.15. The zero-order valence-electron chi connectivity index (χ0n) is 9.68. The van der Waals surface area contributed by atoms with Crippen LogP contribution in [0.15, 0.2) is 0 Å². The van der Waals surface area contributed by atoms with Crippen LogP contribution in [0.2, 0.25) is 0 Å². The van der Waals surface area contributed by atoms with Crippen molar-refractivity contribution < 1.29 is 0 Å². The predicted molar refractivity (Wildman–Crippen MR) is 60.5 cm³/mol. The number of nitrogens with one attached hydrogen (secondary N) is 1. The highest BCUT2D eigenvalue weighted by molar-refractivity contribution is 4.91. The van der Waals surface area contributed by atoms with E-state index < -0.39 is 0 Å². The Kier molecular flexibility index (Phi) is 3.13. The van der Waals surface area contributed by atoms with E-state index in [1.807, 2.05) is 0 Å². The second-order valence-electron chi connectivity index (χ2n) is 5.44. The van der Waals surface area contributed by atoms with Gasteiger partial charge in [-0.2, -0.15) is 0 Å². The van der Waals surface area contributed by atoms with E-state index in [9.17, 15) is 0 Å². The van der Waals surface area contributed by atoms with E-state index in [0.717, 1.165) is 6.04 Å². The fourth-order valence-corrected chi connectivity index (χ4v) is 2.76. The average Bonchev–Trinajstić information content (AvgIpc) is 2.00. The molecule has 82 valence electrons. The maximum Gasteiger partial charge on any atom is 0.0280 e. The Morgan fingerprint density at radius 2 is 2.07 bits per heavy atom. The molecular formula is C12H24N2. The Hall–Kier alpha value is -0.0800. The van der Waals surface area contributed by atoms with Gasteiger partial charge in [0.05, 0.1) is 0 Å². The van der Waals surface area contributed by atoms with Crippen molar-refractivity contribution in [3.05, 3.63) is 0 Å². The summed E-state index contributed by atoms with van der Waals surface area (Å²) in [6.45, 7) is 4.84. The molecule has 2 fully saturated rings. The number of likely N-dealkylation sites (N-methyl/N-ethyl adjacent to an activating group) is 1. The first kappa shape index (κ1) is 10.4. The standard InChI is InChI=1S/C12H24N2/c1-12(8-3-4-9-13-12)10-14(2)11-6-5-7-11/h11,13H,3-10H2,1-2H3. The Balaban J connectivity index is 1.81. The molecule has 2 heteroatoms. The monoisotopic (exact) mass is 196 g/mol. The third-order valence-corrected chi connectivity index (χ3v) is 4.00. The third kappa shape index (κ3) is 2.29. The van der Waals surface area contributed by atoms with Gasteiger partial charge in [-0.15, -0.1) is 0 Å². The molecule has 1 heterocycles. The second kappa shape index (κ2) is 4.19. The Labute approximate surface area is 88.1 Å². The lowest BCUT2D eigenvalue weighted by Gasteiger charge is -2.43. The molecule has 2 nitrogen and oxygen atoms in total. The summed E-state index contributed by atoms with van der Waals surface area (Å²) in [5, 5.41) is 3.69. The zero-order valence-corrected chi connectivity index (χ0v) is 9.68. The van der Waals surface area contributed by atoms with Crippen LogP contribution in [-0.4, -0.2) is 36.6 Å². The molecule has 0 spiro atoms. The molecule has 1 N–H and O–H groups in total. The number of rotatable bonds is 3. The van der Waals surface area contributed by atoms with Gasteiger partial charge in [0.2, 0.25) is 0 Å². The van der Waals surface area contributed by atoms with Crippen LogP contribution < -0.4 is 5.32 Å². The zero-order chi connectivity index (χ0) is 10.0. The molecule has 1 atom stereocenters. The average molecular weight is 196 g/mol. The summed E-state index contributed by atoms with van der Waals surface area (Å²) in [5.74, 6) is 0. The molecule has 0 aromatic carbocycles. The first-order chi connectivity index (χ1) is 6.70. The van der Waals surface area contributed by atoms with Gasteiger partial charge in [-0.3, -0.25) is 0 Å². The van der Waals surface area contributed by atoms with Crippen LogP contribution in [0.25, 0.3) is 0 Å². The van der Waals surface area contributed by atoms with E-state index in [1.54, 1.807) is 0 Å². The van der Waals surface area contributed by atoms with Gasteiger partial charge >= 0.3 is 0 Å². The molecule has 0 aromatic heterocycles. The lowest BCUT2D eigenvalue weighted by atomic mass is 9.87. The van der Waals surface area contributed by atoms with Crippen LogP contribution in [0.4, 0.5) is 0 Å². The molecule has 0 bridgehead atoms. The van der Waals surface area contributed by atoms with Gasteiger partial charge in [0.25, 0.3) is 0 Å². The van der Waals surface area contributed by atoms with Crippen molar-refractivity contribution >= 4 is 0 Å². The topological polar surface area (TPSA) is 15.3 Å². The normalized spacial score (nSPS) is 34.5. The molecule has 1 saturated heterocycles. The molecule has 0 amide bonds. The fourth-order valence-electron chi connectivity index (χ4n) is 2.76. The summed E-state index contributed by atoms with van der Waals surface area (Å²) in [6.07, 6.45) is 8.41. The number of nitrogens with zero attached hydrogens (tertiary/aromatic N) is 1. The smallest absolute Gasteiger partial charge is 0.0280 e. The molecule has 2 aliphatic rings. The maximum absolute atomic E-state index is 3.69. The van der Waals surface area contributed by atoms with Crippen LogP contribution in [0, 0.1) is 0 Å². The number of hydrogen-bond donors (Lipinski definition) is 1. The molecule has 1 aliphatic heterocycles. The molecule has 1 saturated carbocycles. The van der Waals surface area contributed by atoms with Crippen molar-refractivity contribution in [1.82, 2.24) is 10.2 Å². The van der Waals surface area contributed by atoms with Crippen LogP contribution in [0.3, 0.4) is 0 Å². The quantitative estimate of drug-likeness (QED) is 0.743.